The van der Waals surface area contributed by atoms with Crippen LogP contribution in [0.15, 0.2) is 0 Å². The fourth-order valence-electron chi connectivity index (χ4n) is 0.877. The Morgan fingerprint density at radius 1 is 1.42 bits per heavy atom. The average Bonchev–Trinajstić information content (AvgIpc) is 1.84. The van der Waals surface area contributed by atoms with E-state index in [1.807, 2.05) is 0 Å². The van der Waals surface area contributed by atoms with E-state index < -0.39 is 14.2 Å². The molecular weight excluding hydrogens is 168 g/mol. The Bertz CT molecular complexity index is 158. The van der Waals surface area contributed by atoms with E-state index in [9.17, 15) is 9.90 Å². The second-order valence-corrected chi connectivity index (χ2v) is 10.7. The molecule has 0 aromatic heterocycles. The van der Waals surface area contributed by atoms with Crippen LogP contribution in [0.3, 0.4) is 0 Å². The summed E-state index contributed by atoms with van der Waals surface area (Å²) in [5.41, 5.74) is 0. The lowest BCUT2D eigenvalue weighted by molar-refractivity contribution is -0.114. The van der Waals surface area contributed by atoms with Crippen LogP contribution in [-0.2, 0) is 4.79 Å². The number of carbonyl (C=O) groups is 1. The molecule has 0 aliphatic carbocycles. The van der Waals surface area contributed by atoms with Crippen LogP contribution in [0.5, 0.6) is 0 Å². The molecule has 1 atom stereocenters. The van der Waals surface area contributed by atoms with Gasteiger partial charge in [0.25, 0.3) is 0 Å². The highest BCUT2D eigenvalue weighted by Gasteiger charge is 2.36. The predicted molar refractivity (Wildman–Crippen MR) is 54.1 cm³/mol. The van der Waals surface area contributed by atoms with Gasteiger partial charge in [-0.2, -0.15) is 0 Å². The molecule has 0 saturated heterocycles. The Morgan fingerprint density at radius 3 is 2.08 bits per heavy atom. The maximum atomic E-state index is 10.3. The van der Waals surface area contributed by atoms with E-state index >= 15 is 0 Å². The molecule has 3 heteroatoms. The SMILES string of the molecule is CC(C)(C)[Si](C)(C)CC(O)C=O. The number of hydrogen-bond acceptors (Lipinski definition) is 2. The molecule has 0 aromatic rings. The maximum absolute atomic E-state index is 10.3. The number of carbonyl (C=O) groups excluding carboxylic acids is 1. The Balaban J connectivity index is 4.32. The van der Waals surface area contributed by atoms with Gasteiger partial charge in [-0.3, -0.25) is 0 Å². The summed E-state index contributed by atoms with van der Waals surface area (Å²) in [6.07, 6.45) is -0.119. The zero-order chi connectivity index (χ0) is 9.99. The molecule has 12 heavy (non-hydrogen) atoms. The highest BCUT2D eigenvalue weighted by atomic mass is 28.3. The molecule has 0 bridgehead atoms. The summed E-state index contributed by atoms with van der Waals surface area (Å²) >= 11 is 0. The topological polar surface area (TPSA) is 37.3 Å². The van der Waals surface area contributed by atoms with Crippen molar-refractivity contribution in [2.45, 2.75) is 51.1 Å². The molecule has 0 heterocycles. The van der Waals surface area contributed by atoms with Gasteiger partial charge in [-0.15, -0.1) is 0 Å². The van der Waals surface area contributed by atoms with Crippen molar-refractivity contribution in [1.82, 2.24) is 0 Å². The van der Waals surface area contributed by atoms with Gasteiger partial charge in [-0.05, 0) is 11.1 Å². The van der Waals surface area contributed by atoms with E-state index in [4.69, 9.17) is 0 Å². The van der Waals surface area contributed by atoms with Crippen molar-refractivity contribution in [1.29, 1.82) is 0 Å². The number of aliphatic hydroxyl groups is 1. The lowest BCUT2D eigenvalue weighted by atomic mass is 10.2. The summed E-state index contributed by atoms with van der Waals surface area (Å²) in [6, 6.07) is 0.667. The zero-order valence-corrected chi connectivity index (χ0v) is 9.72. The van der Waals surface area contributed by atoms with Crippen molar-refractivity contribution in [3.63, 3.8) is 0 Å². The molecule has 0 aliphatic rings. The molecule has 72 valence electrons. The van der Waals surface area contributed by atoms with E-state index in [-0.39, 0.29) is 5.04 Å². The smallest absolute Gasteiger partial charge is 0.148 e. The fraction of sp³-hybridized carbons (Fsp3) is 0.889. The third kappa shape index (κ3) is 3.07. The van der Waals surface area contributed by atoms with Crippen molar-refractivity contribution in [2.75, 3.05) is 0 Å². The maximum Gasteiger partial charge on any atom is 0.148 e. The van der Waals surface area contributed by atoms with Crippen LogP contribution in [0.2, 0.25) is 24.2 Å². The van der Waals surface area contributed by atoms with Crippen LogP contribution in [-0.4, -0.2) is 25.6 Å². The summed E-state index contributed by atoms with van der Waals surface area (Å²) in [5.74, 6) is 0. The van der Waals surface area contributed by atoms with Crippen LogP contribution in [0.25, 0.3) is 0 Å². The largest absolute Gasteiger partial charge is 0.386 e. The minimum absolute atomic E-state index is 0.247. The fourth-order valence-corrected chi connectivity index (χ4v) is 2.63. The first-order chi connectivity index (χ1) is 5.20. The highest BCUT2D eigenvalue weighted by molar-refractivity contribution is 6.80. The average molecular weight is 188 g/mol. The first-order valence-corrected chi connectivity index (χ1v) is 7.55. The lowest BCUT2D eigenvalue weighted by Gasteiger charge is -2.37. The monoisotopic (exact) mass is 188 g/mol. The summed E-state index contributed by atoms with van der Waals surface area (Å²) in [7, 11) is -1.47. The van der Waals surface area contributed by atoms with Gasteiger partial charge >= 0.3 is 0 Å². The van der Waals surface area contributed by atoms with Crippen LogP contribution >= 0.6 is 0 Å². The molecule has 1 N–H and O–H groups in total. The number of aldehydes is 1. The molecule has 0 fully saturated rings. The van der Waals surface area contributed by atoms with Crippen LogP contribution in [0.1, 0.15) is 20.8 Å². The van der Waals surface area contributed by atoms with Crippen LogP contribution in [0.4, 0.5) is 0 Å². The molecule has 0 aliphatic heterocycles. The first-order valence-electron chi connectivity index (χ1n) is 4.34. The number of aliphatic hydroxyl groups excluding tert-OH is 1. The van der Waals surface area contributed by atoms with Crippen molar-refractivity contribution in [3.8, 4) is 0 Å². The number of hydrogen-bond donors (Lipinski definition) is 1. The van der Waals surface area contributed by atoms with Crippen molar-refractivity contribution >= 4 is 14.4 Å². The van der Waals surface area contributed by atoms with Crippen LogP contribution in [0, 0.1) is 0 Å². The Labute approximate surface area is 76.0 Å². The minimum atomic E-state index is -1.47. The van der Waals surface area contributed by atoms with Crippen molar-refractivity contribution in [2.24, 2.45) is 0 Å². The van der Waals surface area contributed by atoms with Gasteiger partial charge in [0.15, 0.2) is 0 Å². The van der Waals surface area contributed by atoms with E-state index in [1.165, 1.54) is 0 Å². The van der Waals surface area contributed by atoms with E-state index in [0.29, 0.717) is 12.3 Å². The van der Waals surface area contributed by atoms with Gasteiger partial charge in [-0.1, -0.05) is 33.9 Å². The van der Waals surface area contributed by atoms with Crippen molar-refractivity contribution < 1.29 is 9.90 Å². The molecule has 0 aromatic carbocycles. The highest BCUT2D eigenvalue weighted by Crippen LogP contribution is 2.38. The molecular formula is C9H20O2Si. The third-order valence-electron chi connectivity index (χ3n) is 2.91. The first kappa shape index (κ1) is 11.8. The van der Waals surface area contributed by atoms with Crippen molar-refractivity contribution in [3.05, 3.63) is 0 Å². The molecule has 0 saturated carbocycles. The van der Waals surface area contributed by atoms with Gasteiger partial charge in [-0.25, -0.2) is 0 Å². The molecule has 2 nitrogen and oxygen atoms in total. The van der Waals surface area contributed by atoms with Gasteiger partial charge in [0.05, 0.1) is 8.07 Å². The van der Waals surface area contributed by atoms with Gasteiger partial charge in [0.1, 0.15) is 12.4 Å². The third-order valence-corrected chi connectivity index (χ3v) is 8.41. The minimum Gasteiger partial charge on any atom is -0.386 e. The normalized spacial score (nSPS) is 15.8. The summed E-state index contributed by atoms with van der Waals surface area (Å²) < 4.78 is 0. The predicted octanol–water partition coefficient (Wildman–Crippen LogP) is 2.05. The quantitative estimate of drug-likeness (QED) is 0.544. The Hall–Kier alpha value is -0.153. The van der Waals surface area contributed by atoms with E-state index in [2.05, 4.69) is 33.9 Å². The zero-order valence-electron chi connectivity index (χ0n) is 8.72. The van der Waals surface area contributed by atoms with Crippen LogP contribution < -0.4 is 0 Å². The Morgan fingerprint density at radius 2 is 1.83 bits per heavy atom. The van der Waals surface area contributed by atoms with Gasteiger partial charge in [0, 0.05) is 0 Å². The second-order valence-electron chi connectivity index (χ2n) is 5.04. The van der Waals surface area contributed by atoms with E-state index in [1.54, 1.807) is 0 Å². The summed E-state index contributed by atoms with van der Waals surface area (Å²) in [6.45, 7) is 10.9. The standard InChI is InChI=1S/C9H20O2Si/c1-9(2,3)12(4,5)7-8(11)6-10/h6,8,11H,7H2,1-5H3. The molecule has 0 amide bonds. The second kappa shape index (κ2) is 3.71. The molecule has 0 rings (SSSR count). The Kier molecular flexibility index (Phi) is 3.66. The molecule has 0 radical (unpaired) electrons. The summed E-state index contributed by atoms with van der Waals surface area (Å²) in [5, 5.41) is 9.47. The lowest BCUT2D eigenvalue weighted by Crippen LogP contribution is -2.40. The van der Waals surface area contributed by atoms with Gasteiger partial charge < -0.3 is 9.90 Å². The van der Waals surface area contributed by atoms with E-state index in [0.717, 1.165) is 0 Å². The summed E-state index contributed by atoms with van der Waals surface area (Å²) in [4.78, 5) is 10.3. The molecule has 0 spiro atoms. The van der Waals surface area contributed by atoms with Gasteiger partial charge in [0.2, 0.25) is 0 Å². The molecule has 1 unspecified atom stereocenters. The number of rotatable bonds is 3.